The van der Waals surface area contributed by atoms with E-state index in [1.165, 1.54) is 22.7 Å². The summed E-state index contributed by atoms with van der Waals surface area (Å²) in [4.78, 5) is 20.1. The van der Waals surface area contributed by atoms with Crippen LogP contribution in [0.5, 0.6) is 0 Å². The van der Waals surface area contributed by atoms with Crippen LogP contribution in [0.3, 0.4) is 0 Å². The van der Waals surface area contributed by atoms with Gasteiger partial charge in [0.05, 0.1) is 11.0 Å². The molecule has 7 heteroatoms. The van der Waals surface area contributed by atoms with Gasteiger partial charge in [-0.3, -0.25) is 14.4 Å². The van der Waals surface area contributed by atoms with Crippen LogP contribution < -0.4 is 5.32 Å². The average molecular weight is 345 g/mol. The van der Waals surface area contributed by atoms with Gasteiger partial charge in [0.1, 0.15) is 5.69 Å². The number of rotatable bonds is 5. The van der Waals surface area contributed by atoms with Gasteiger partial charge < -0.3 is 5.32 Å². The number of hydrogen-bond donors (Lipinski definition) is 1. The minimum absolute atomic E-state index is 0.126. The third kappa shape index (κ3) is 3.37. The summed E-state index contributed by atoms with van der Waals surface area (Å²) in [5.41, 5.74) is 0.492. The van der Waals surface area contributed by atoms with Crippen molar-refractivity contribution < 1.29 is 4.79 Å². The lowest BCUT2D eigenvalue weighted by atomic mass is 10.1. The molecule has 2 aliphatic rings. The highest BCUT2D eigenvalue weighted by atomic mass is 32.1. The van der Waals surface area contributed by atoms with E-state index in [1.807, 2.05) is 22.2 Å². The average Bonchev–Trinajstić information content (AvgIpc) is 3.15. The van der Waals surface area contributed by atoms with Gasteiger partial charge in [-0.1, -0.05) is 0 Å². The first-order valence-electron chi connectivity index (χ1n) is 8.67. The maximum Gasteiger partial charge on any atom is 0.271 e. The molecule has 1 atom stereocenters. The number of piperidine rings is 1. The highest BCUT2D eigenvalue weighted by Gasteiger charge is 2.27. The van der Waals surface area contributed by atoms with Gasteiger partial charge in [0.25, 0.3) is 5.91 Å². The van der Waals surface area contributed by atoms with E-state index in [0.29, 0.717) is 11.7 Å². The minimum Gasteiger partial charge on any atom is -0.354 e. The molecule has 1 aliphatic carbocycles. The molecule has 0 unspecified atom stereocenters. The van der Waals surface area contributed by atoms with E-state index in [1.54, 1.807) is 13.1 Å². The summed E-state index contributed by atoms with van der Waals surface area (Å²) in [6, 6.07) is 2.14. The Labute approximate surface area is 145 Å². The number of thiazole rings is 1. The van der Waals surface area contributed by atoms with Crippen LogP contribution in [0.25, 0.3) is 0 Å². The molecule has 1 amide bonds. The van der Waals surface area contributed by atoms with Crippen molar-refractivity contribution in [3.05, 3.63) is 34.0 Å². The fraction of sp³-hybridized carbons (Fsp3) is 0.588. The summed E-state index contributed by atoms with van der Waals surface area (Å²) in [7, 11) is 1.63. The van der Waals surface area contributed by atoms with Crippen molar-refractivity contribution in [1.82, 2.24) is 25.0 Å². The van der Waals surface area contributed by atoms with E-state index in [4.69, 9.17) is 0 Å². The first-order chi connectivity index (χ1) is 11.7. The van der Waals surface area contributed by atoms with E-state index in [0.717, 1.165) is 38.4 Å². The molecule has 3 heterocycles. The molecule has 0 aromatic carbocycles. The van der Waals surface area contributed by atoms with E-state index in [9.17, 15) is 4.79 Å². The maximum atomic E-state index is 11.7. The first kappa shape index (κ1) is 15.8. The van der Waals surface area contributed by atoms with Gasteiger partial charge in [-0.25, -0.2) is 4.98 Å². The predicted octanol–water partition coefficient (Wildman–Crippen LogP) is 2.41. The summed E-state index contributed by atoms with van der Waals surface area (Å²) in [6.07, 6.45) is 8.88. The van der Waals surface area contributed by atoms with Crippen molar-refractivity contribution in [3.63, 3.8) is 0 Å². The summed E-state index contributed by atoms with van der Waals surface area (Å²) in [5.74, 6) is 0.615. The second-order valence-corrected chi connectivity index (χ2v) is 7.88. The summed E-state index contributed by atoms with van der Waals surface area (Å²) in [5, 5.41) is 8.39. The van der Waals surface area contributed by atoms with Gasteiger partial charge in [0.2, 0.25) is 0 Å². The van der Waals surface area contributed by atoms with E-state index in [2.05, 4.69) is 26.5 Å². The van der Waals surface area contributed by atoms with Crippen LogP contribution in [0.2, 0.25) is 0 Å². The maximum absolute atomic E-state index is 11.7. The van der Waals surface area contributed by atoms with E-state index in [-0.39, 0.29) is 5.91 Å². The van der Waals surface area contributed by atoms with Gasteiger partial charge in [-0.2, -0.15) is 5.10 Å². The standard InChI is InChI=1S/C17H23N5OS/c1-18-16(23)15-6-8-22(20-15)13-3-2-7-21(10-13)11-14-9-19-17(24-14)12-4-5-12/h6,8-9,12-13H,2-5,7,10-11H2,1H3,(H,18,23)/t13-/m0/s1. The molecule has 2 aromatic heterocycles. The van der Waals surface area contributed by atoms with Gasteiger partial charge in [0, 0.05) is 43.3 Å². The number of carbonyl (C=O) groups excluding carboxylic acids is 1. The third-order valence-electron chi connectivity index (χ3n) is 4.80. The Morgan fingerprint density at radius 1 is 1.42 bits per heavy atom. The molecule has 1 N–H and O–H groups in total. The van der Waals surface area contributed by atoms with Crippen LogP contribution in [0.1, 0.15) is 58.0 Å². The Balaban J connectivity index is 1.39. The fourth-order valence-corrected chi connectivity index (χ4v) is 4.45. The molecular formula is C17H23N5OS. The molecule has 4 rings (SSSR count). The van der Waals surface area contributed by atoms with Crippen LogP contribution in [-0.4, -0.2) is 45.7 Å². The van der Waals surface area contributed by atoms with Crippen LogP contribution in [0.15, 0.2) is 18.5 Å². The Morgan fingerprint density at radius 3 is 3.08 bits per heavy atom. The number of aromatic nitrogens is 3. The molecule has 2 fully saturated rings. The van der Waals surface area contributed by atoms with Crippen LogP contribution in [-0.2, 0) is 6.54 Å². The Hall–Kier alpha value is -1.73. The smallest absolute Gasteiger partial charge is 0.271 e. The number of likely N-dealkylation sites (tertiary alicyclic amines) is 1. The van der Waals surface area contributed by atoms with Gasteiger partial charge >= 0.3 is 0 Å². The zero-order valence-corrected chi connectivity index (χ0v) is 14.8. The highest BCUT2D eigenvalue weighted by molar-refractivity contribution is 7.11. The minimum atomic E-state index is -0.126. The number of amides is 1. The van der Waals surface area contributed by atoms with Crippen molar-refractivity contribution in [3.8, 4) is 0 Å². The molecule has 1 saturated carbocycles. The van der Waals surface area contributed by atoms with Crippen LogP contribution in [0.4, 0.5) is 0 Å². The molecule has 0 spiro atoms. The molecule has 2 aromatic rings. The fourth-order valence-electron chi connectivity index (χ4n) is 3.32. The zero-order valence-electron chi connectivity index (χ0n) is 13.9. The second kappa shape index (κ2) is 6.64. The van der Waals surface area contributed by atoms with Crippen molar-refractivity contribution in [1.29, 1.82) is 0 Å². The Kier molecular flexibility index (Phi) is 4.37. The molecule has 0 radical (unpaired) electrons. The lowest BCUT2D eigenvalue weighted by Gasteiger charge is -2.32. The quantitative estimate of drug-likeness (QED) is 0.904. The zero-order chi connectivity index (χ0) is 16.5. The van der Waals surface area contributed by atoms with E-state index >= 15 is 0 Å². The highest BCUT2D eigenvalue weighted by Crippen LogP contribution is 2.42. The number of carbonyl (C=O) groups is 1. The van der Waals surface area contributed by atoms with Gasteiger partial charge in [-0.15, -0.1) is 11.3 Å². The van der Waals surface area contributed by atoms with Crippen molar-refractivity contribution in [2.75, 3.05) is 20.1 Å². The number of hydrogen-bond acceptors (Lipinski definition) is 5. The Bertz CT molecular complexity index is 720. The van der Waals surface area contributed by atoms with Crippen molar-refractivity contribution >= 4 is 17.2 Å². The lowest BCUT2D eigenvalue weighted by molar-refractivity contribution is 0.0955. The predicted molar refractivity (Wildman–Crippen MR) is 93.3 cm³/mol. The molecule has 0 bridgehead atoms. The SMILES string of the molecule is CNC(=O)c1ccn([C@H]2CCCN(Cc3cnc(C4CC4)s3)C2)n1. The van der Waals surface area contributed by atoms with Crippen molar-refractivity contribution in [2.24, 2.45) is 0 Å². The van der Waals surface area contributed by atoms with Gasteiger partial charge in [-0.05, 0) is 38.3 Å². The normalized spacial score (nSPS) is 21.8. The molecular weight excluding hydrogens is 322 g/mol. The second-order valence-electron chi connectivity index (χ2n) is 6.73. The van der Waals surface area contributed by atoms with Crippen molar-refractivity contribution in [2.45, 2.75) is 44.2 Å². The van der Waals surface area contributed by atoms with E-state index < -0.39 is 0 Å². The first-order valence-corrected chi connectivity index (χ1v) is 9.49. The topological polar surface area (TPSA) is 63.1 Å². The Morgan fingerprint density at radius 2 is 2.29 bits per heavy atom. The third-order valence-corrected chi connectivity index (χ3v) is 5.94. The monoisotopic (exact) mass is 345 g/mol. The number of nitrogens with zero attached hydrogens (tertiary/aromatic N) is 4. The van der Waals surface area contributed by atoms with Gasteiger partial charge in [0.15, 0.2) is 0 Å². The van der Waals surface area contributed by atoms with Crippen LogP contribution >= 0.6 is 11.3 Å². The molecule has 24 heavy (non-hydrogen) atoms. The lowest BCUT2D eigenvalue weighted by Crippen LogP contribution is -2.36. The molecule has 1 aliphatic heterocycles. The summed E-state index contributed by atoms with van der Waals surface area (Å²) in [6.45, 7) is 3.08. The molecule has 1 saturated heterocycles. The molecule has 6 nitrogen and oxygen atoms in total. The largest absolute Gasteiger partial charge is 0.354 e. The molecule has 128 valence electrons. The summed E-state index contributed by atoms with van der Waals surface area (Å²) < 4.78 is 1.96. The number of nitrogens with one attached hydrogen (secondary N) is 1. The summed E-state index contributed by atoms with van der Waals surface area (Å²) >= 11 is 1.88. The van der Waals surface area contributed by atoms with Crippen LogP contribution in [0, 0.1) is 0 Å².